The summed E-state index contributed by atoms with van der Waals surface area (Å²) in [6, 6.07) is 10.6. The van der Waals surface area contributed by atoms with E-state index in [1.54, 1.807) is 6.07 Å². The number of hydrogen-bond acceptors (Lipinski definition) is 6. The molecular formula is C23H21ClN2O7. The molecule has 1 saturated heterocycles. The second-order valence-electron chi connectivity index (χ2n) is 7.52. The van der Waals surface area contributed by atoms with Gasteiger partial charge in [-0.15, -0.1) is 0 Å². The lowest BCUT2D eigenvalue weighted by Gasteiger charge is -2.25. The second kappa shape index (κ2) is 10.3. The summed E-state index contributed by atoms with van der Waals surface area (Å²) in [6.07, 6.45) is 1.23. The minimum absolute atomic E-state index is 0.0248. The molecule has 2 N–H and O–H groups in total. The molecule has 0 saturated carbocycles. The summed E-state index contributed by atoms with van der Waals surface area (Å²) in [4.78, 5) is 48.8. The van der Waals surface area contributed by atoms with E-state index in [9.17, 15) is 29.6 Å². The molecule has 2 aromatic carbocycles. The van der Waals surface area contributed by atoms with Gasteiger partial charge in [-0.25, -0.2) is 0 Å². The Morgan fingerprint density at radius 1 is 1.03 bits per heavy atom. The molecule has 0 aromatic heterocycles. The van der Waals surface area contributed by atoms with Crippen LogP contribution in [0.2, 0.25) is 5.02 Å². The van der Waals surface area contributed by atoms with Crippen molar-refractivity contribution in [1.82, 2.24) is 4.90 Å². The molecule has 0 bridgehead atoms. The SMILES string of the molecule is O=C(O)CCCCCN1C(=O)C(=O)C(=C(O)c2ccc(Cl)cc2)[C@@H]1c1ccccc1[N+](=O)[O-]. The van der Waals surface area contributed by atoms with Gasteiger partial charge in [-0.05, 0) is 43.2 Å². The number of aliphatic hydroxyl groups excluding tert-OH is 1. The van der Waals surface area contributed by atoms with Crippen LogP contribution >= 0.6 is 11.6 Å². The van der Waals surface area contributed by atoms with Gasteiger partial charge in [0, 0.05) is 29.6 Å². The summed E-state index contributed by atoms with van der Waals surface area (Å²) in [5, 5.41) is 31.8. The van der Waals surface area contributed by atoms with Crippen molar-refractivity contribution in [3.8, 4) is 0 Å². The third-order valence-electron chi connectivity index (χ3n) is 5.38. The van der Waals surface area contributed by atoms with Crippen LogP contribution in [0.15, 0.2) is 54.1 Å². The van der Waals surface area contributed by atoms with Crippen molar-refractivity contribution in [1.29, 1.82) is 0 Å². The number of halogens is 1. The fraction of sp³-hybridized carbons (Fsp3) is 0.261. The normalized spacial score (nSPS) is 17.4. The van der Waals surface area contributed by atoms with E-state index < -0.39 is 34.4 Å². The van der Waals surface area contributed by atoms with Gasteiger partial charge < -0.3 is 15.1 Å². The Balaban J connectivity index is 2.06. The van der Waals surface area contributed by atoms with Crippen molar-refractivity contribution < 1.29 is 29.5 Å². The number of carboxylic acids is 1. The summed E-state index contributed by atoms with van der Waals surface area (Å²) >= 11 is 5.89. The molecule has 1 fully saturated rings. The zero-order valence-corrected chi connectivity index (χ0v) is 18.2. The number of carbonyl (C=O) groups excluding carboxylic acids is 2. The molecule has 9 nitrogen and oxygen atoms in total. The minimum atomic E-state index is -1.17. The molecule has 0 aliphatic carbocycles. The predicted molar refractivity (Wildman–Crippen MR) is 120 cm³/mol. The molecule has 0 unspecified atom stereocenters. The Kier molecular flexibility index (Phi) is 7.44. The number of carboxylic acid groups (broad SMARTS) is 1. The first kappa shape index (κ1) is 23.9. The molecule has 2 aromatic rings. The number of nitrogens with zero attached hydrogens (tertiary/aromatic N) is 2. The van der Waals surface area contributed by atoms with Gasteiger partial charge in [0.25, 0.3) is 17.4 Å². The molecule has 10 heteroatoms. The maximum atomic E-state index is 13.0. The standard InChI is InChI=1S/C23H21ClN2O7/c24-15-11-9-14(10-12-15)21(29)19-20(16-6-3-4-7-17(16)26(32)33)25(23(31)22(19)30)13-5-1-2-8-18(27)28/h3-4,6-7,9-12,20,29H,1-2,5,8,13H2,(H,27,28)/t20-/m0/s1. The van der Waals surface area contributed by atoms with Gasteiger partial charge in [0.1, 0.15) is 5.76 Å². The Labute approximate surface area is 194 Å². The van der Waals surface area contributed by atoms with E-state index in [0.29, 0.717) is 24.3 Å². The zero-order valence-electron chi connectivity index (χ0n) is 17.4. The number of aliphatic carboxylic acids is 1. The van der Waals surface area contributed by atoms with Crippen LogP contribution in [0, 0.1) is 10.1 Å². The van der Waals surface area contributed by atoms with E-state index in [1.165, 1.54) is 47.4 Å². The number of nitro benzene ring substituents is 1. The minimum Gasteiger partial charge on any atom is -0.507 e. The molecule has 0 radical (unpaired) electrons. The molecule has 1 aliphatic rings. The molecule has 0 spiro atoms. The molecule has 33 heavy (non-hydrogen) atoms. The van der Waals surface area contributed by atoms with E-state index in [1.807, 2.05) is 0 Å². The van der Waals surface area contributed by atoms with Crippen molar-refractivity contribution in [3.05, 3.63) is 80.4 Å². The van der Waals surface area contributed by atoms with Gasteiger partial charge in [0.2, 0.25) is 0 Å². The Bertz CT molecular complexity index is 1130. The van der Waals surface area contributed by atoms with Crippen LogP contribution in [-0.4, -0.2) is 44.2 Å². The van der Waals surface area contributed by atoms with Crippen LogP contribution in [0.25, 0.3) is 5.76 Å². The Hall–Kier alpha value is -3.72. The maximum absolute atomic E-state index is 13.0. The Morgan fingerprint density at radius 3 is 2.33 bits per heavy atom. The van der Waals surface area contributed by atoms with Crippen LogP contribution in [0.4, 0.5) is 5.69 Å². The number of para-hydroxylation sites is 1. The third kappa shape index (κ3) is 5.20. The van der Waals surface area contributed by atoms with Crippen molar-refractivity contribution in [2.24, 2.45) is 0 Å². The first-order valence-corrected chi connectivity index (χ1v) is 10.6. The number of carbonyl (C=O) groups is 3. The molecule has 1 amide bonds. The summed E-state index contributed by atoms with van der Waals surface area (Å²) in [5.74, 6) is -3.22. The smallest absolute Gasteiger partial charge is 0.303 e. The molecule has 172 valence electrons. The molecular weight excluding hydrogens is 452 g/mol. The first-order chi connectivity index (χ1) is 15.7. The van der Waals surface area contributed by atoms with Crippen molar-refractivity contribution >= 4 is 40.7 Å². The summed E-state index contributed by atoms with van der Waals surface area (Å²) in [7, 11) is 0. The highest BCUT2D eigenvalue weighted by molar-refractivity contribution is 6.46. The van der Waals surface area contributed by atoms with Crippen molar-refractivity contribution in [3.63, 3.8) is 0 Å². The van der Waals surface area contributed by atoms with Gasteiger partial charge >= 0.3 is 5.97 Å². The lowest BCUT2D eigenvalue weighted by molar-refractivity contribution is -0.385. The van der Waals surface area contributed by atoms with Crippen LogP contribution in [0.5, 0.6) is 0 Å². The van der Waals surface area contributed by atoms with E-state index in [-0.39, 0.29) is 35.4 Å². The van der Waals surface area contributed by atoms with E-state index in [4.69, 9.17) is 16.7 Å². The molecule has 3 rings (SSSR count). The monoisotopic (exact) mass is 472 g/mol. The fourth-order valence-electron chi connectivity index (χ4n) is 3.82. The van der Waals surface area contributed by atoms with E-state index in [2.05, 4.69) is 0 Å². The largest absolute Gasteiger partial charge is 0.507 e. The van der Waals surface area contributed by atoms with Crippen molar-refractivity contribution in [2.75, 3.05) is 6.54 Å². The van der Waals surface area contributed by atoms with Gasteiger partial charge in [0.05, 0.1) is 22.1 Å². The van der Waals surface area contributed by atoms with E-state index >= 15 is 0 Å². The summed E-state index contributed by atoms with van der Waals surface area (Å²) in [5.41, 5.74) is -0.199. The highest BCUT2D eigenvalue weighted by Gasteiger charge is 2.47. The van der Waals surface area contributed by atoms with Crippen LogP contribution in [0.1, 0.15) is 42.9 Å². The van der Waals surface area contributed by atoms with Gasteiger partial charge in [0.15, 0.2) is 0 Å². The number of rotatable bonds is 9. The predicted octanol–water partition coefficient (Wildman–Crippen LogP) is 4.31. The zero-order chi connectivity index (χ0) is 24.1. The van der Waals surface area contributed by atoms with Crippen molar-refractivity contribution in [2.45, 2.75) is 31.7 Å². The molecule has 1 atom stereocenters. The number of nitro groups is 1. The number of aliphatic hydroxyl groups is 1. The first-order valence-electron chi connectivity index (χ1n) is 10.2. The number of likely N-dealkylation sites (tertiary alicyclic amines) is 1. The lowest BCUT2D eigenvalue weighted by Crippen LogP contribution is -2.31. The van der Waals surface area contributed by atoms with Crippen LogP contribution < -0.4 is 0 Å². The number of unbranched alkanes of at least 4 members (excludes halogenated alkanes) is 2. The Morgan fingerprint density at radius 2 is 1.70 bits per heavy atom. The maximum Gasteiger partial charge on any atom is 0.303 e. The van der Waals surface area contributed by atoms with Gasteiger partial charge in [-0.2, -0.15) is 0 Å². The third-order valence-corrected chi connectivity index (χ3v) is 5.63. The number of amides is 1. The fourth-order valence-corrected chi connectivity index (χ4v) is 3.94. The van der Waals surface area contributed by atoms with Crippen LogP contribution in [-0.2, 0) is 14.4 Å². The van der Waals surface area contributed by atoms with Crippen LogP contribution in [0.3, 0.4) is 0 Å². The number of benzene rings is 2. The average molecular weight is 473 g/mol. The summed E-state index contributed by atoms with van der Waals surface area (Å²) < 4.78 is 0. The highest BCUT2D eigenvalue weighted by atomic mass is 35.5. The number of Topliss-reactive ketones (excluding diaryl/α,β-unsaturated/α-hetero) is 1. The van der Waals surface area contributed by atoms with Gasteiger partial charge in [-0.1, -0.05) is 30.2 Å². The van der Waals surface area contributed by atoms with Gasteiger partial charge in [-0.3, -0.25) is 24.5 Å². The quantitative estimate of drug-likeness (QED) is 0.138. The topological polar surface area (TPSA) is 138 Å². The molecule has 1 aliphatic heterocycles. The summed E-state index contributed by atoms with van der Waals surface area (Å²) in [6.45, 7) is 0.0678. The lowest BCUT2D eigenvalue weighted by atomic mass is 9.94. The van der Waals surface area contributed by atoms with E-state index in [0.717, 1.165) is 0 Å². The highest BCUT2D eigenvalue weighted by Crippen LogP contribution is 2.42. The number of ketones is 1. The number of hydrogen-bond donors (Lipinski definition) is 2. The molecule has 1 heterocycles. The average Bonchev–Trinajstić information content (AvgIpc) is 3.03. The second-order valence-corrected chi connectivity index (χ2v) is 7.96.